The molecule has 8 heteroatoms. The number of nitrogens with zero attached hydrogens (tertiary/aromatic N) is 6. The van der Waals surface area contributed by atoms with Crippen LogP contribution < -0.4 is 5.32 Å². The SMILES string of the molecule is O=C(Cn1cc(-c2cccc3nc(Cc4ccc(CCCN5CCCC5)cc4)nn23)cn1)NCc1ccccc1. The molecule has 6 rings (SSSR count). The van der Waals surface area contributed by atoms with E-state index in [9.17, 15) is 4.79 Å². The summed E-state index contributed by atoms with van der Waals surface area (Å²) in [6, 6.07) is 24.7. The lowest BCUT2D eigenvalue weighted by molar-refractivity contribution is -0.122. The van der Waals surface area contributed by atoms with Crippen molar-refractivity contribution in [2.24, 2.45) is 0 Å². The van der Waals surface area contributed by atoms with Crippen LogP contribution in [-0.4, -0.2) is 54.8 Å². The lowest BCUT2D eigenvalue weighted by Crippen LogP contribution is -2.27. The zero-order chi connectivity index (χ0) is 27.1. The average molecular weight is 534 g/mol. The number of nitrogens with one attached hydrogen (secondary N) is 1. The molecule has 5 aromatic rings. The number of fused-ring (bicyclic) bond motifs is 1. The molecule has 40 heavy (non-hydrogen) atoms. The molecule has 1 aliphatic heterocycles. The summed E-state index contributed by atoms with van der Waals surface area (Å²) in [4.78, 5) is 19.8. The first-order valence-corrected chi connectivity index (χ1v) is 14.2. The number of hydrogen-bond acceptors (Lipinski definition) is 5. The molecule has 0 unspecified atom stereocenters. The van der Waals surface area contributed by atoms with Crippen molar-refractivity contribution >= 4 is 11.6 Å². The van der Waals surface area contributed by atoms with Gasteiger partial charge in [0.15, 0.2) is 11.5 Å². The van der Waals surface area contributed by atoms with E-state index in [1.165, 1.54) is 50.0 Å². The van der Waals surface area contributed by atoms with Gasteiger partial charge in [0.1, 0.15) is 6.54 Å². The molecule has 8 nitrogen and oxygen atoms in total. The number of benzene rings is 2. The first-order chi connectivity index (χ1) is 19.7. The summed E-state index contributed by atoms with van der Waals surface area (Å²) < 4.78 is 3.51. The number of amides is 1. The van der Waals surface area contributed by atoms with Gasteiger partial charge in [0, 0.05) is 24.7 Å². The molecular formula is C32H35N7O. The van der Waals surface area contributed by atoms with Gasteiger partial charge in [-0.3, -0.25) is 9.48 Å². The summed E-state index contributed by atoms with van der Waals surface area (Å²) in [6.45, 7) is 4.38. The minimum atomic E-state index is -0.0858. The van der Waals surface area contributed by atoms with Crippen molar-refractivity contribution < 1.29 is 4.79 Å². The van der Waals surface area contributed by atoms with Gasteiger partial charge in [0.2, 0.25) is 5.91 Å². The molecule has 1 fully saturated rings. The van der Waals surface area contributed by atoms with Crippen molar-refractivity contribution in [1.82, 2.24) is 34.6 Å². The number of aryl methyl sites for hydroxylation is 1. The fourth-order valence-electron chi connectivity index (χ4n) is 5.34. The van der Waals surface area contributed by atoms with Crippen molar-refractivity contribution in [1.29, 1.82) is 0 Å². The van der Waals surface area contributed by atoms with E-state index in [1.54, 1.807) is 10.9 Å². The minimum Gasteiger partial charge on any atom is -0.350 e. The highest BCUT2D eigenvalue weighted by molar-refractivity contribution is 5.75. The van der Waals surface area contributed by atoms with Crippen molar-refractivity contribution in [2.45, 2.75) is 45.2 Å². The Morgan fingerprint density at radius 2 is 1.68 bits per heavy atom. The molecular weight excluding hydrogens is 498 g/mol. The predicted molar refractivity (Wildman–Crippen MR) is 156 cm³/mol. The van der Waals surface area contributed by atoms with Crippen molar-refractivity contribution in [3.8, 4) is 11.3 Å². The molecule has 0 bridgehead atoms. The van der Waals surface area contributed by atoms with Gasteiger partial charge in [0.25, 0.3) is 0 Å². The Hall–Kier alpha value is -4.30. The molecule has 4 heterocycles. The first kappa shape index (κ1) is 26.0. The Kier molecular flexibility index (Phi) is 7.95. The van der Waals surface area contributed by atoms with E-state index in [0.29, 0.717) is 13.0 Å². The number of aromatic nitrogens is 5. The Bertz CT molecular complexity index is 1550. The molecule has 0 aliphatic carbocycles. The zero-order valence-electron chi connectivity index (χ0n) is 22.7. The Morgan fingerprint density at radius 3 is 2.50 bits per heavy atom. The molecule has 3 aromatic heterocycles. The van der Waals surface area contributed by atoms with Gasteiger partial charge in [-0.25, -0.2) is 9.50 Å². The van der Waals surface area contributed by atoms with Crippen LogP contribution in [0.3, 0.4) is 0 Å². The fourth-order valence-corrected chi connectivity index (χ4v) is 5.34. The summed E-state index contributed by atoms with van der Waals surface area (Å²) in [5.74, 6) is 0.694. The average Bonchev–Trinajstić information content (AvgIpc) is 3.75. The topological polar surface area (TPSA) is 80.4 Å². The quantitative estimate of drug-likeness (QED) is 0.270. The normalized spacial score (nSPS) is 13.7. The number of rotatable bonds is 11. The van der Waals surface area contributed by atoms with Crippen LogP contribution in [0.15, 0.2) is 85.2 Å². The molecule has 0 saturated carbocycles. The molecule has 0 radical (unpaired) electrons. The van der Waals surface area contributed by atoms with Gasteiger partial charge >= 0.3 is 0 Å². The maximum Gasteiger partial charge on any atom is 0.241 e. The van der Waals surface area contributed by atoms with Crippen LogP contribution in [0.1, 0.15) is 41.8 Å². The van der Waals surface area contributed by atoms with Crippen LogP contribution in [0.5, 0.6) is 0 Å². The minimum absolute atomic E-state index is 0.0858. The van der Waals surface area contributed by atoms with Crippen LogP contribution in [0.25, 0.3) is 16.9 Å². The third kappa shape index (κ3) is 6.46. The van der Waals surface area contributed by atoms with Gasteiger partial charge in [-0.2, -0.15) is 10.2 Å². The Balaban J connectivity index is 1.07. The molecule has 0 spiro atoms. The summed E-state index contributed by atoms with van der Waals surface area (Å²) in [6.07, 6.45) is 9.36. The van der Waals surface area contributed by atoms with Crippen LogP contribution in [0, 0.1) is 0 Å². The number of likely N-dealkylation sites (tertiary alicyclic amines) is 1. The van der Waals surface area contributed by atoms with Gasteiger partial charge < -0.3 is 10.2 Å². The van der Waals surface area contributed by atoms with Crippen molar-refractivity contribution in [2.75, 3.05) is 19.6 Å². The number of pyridine rings is 1. The third-order valence-corrected chi connectivity index (χ3v) is 7.49. The van der Waals surface area contributed by atoms with E-state index in [-0.39, 0.29) is 12.5 Å². The maximum atomic E-state index is 12.4. The van der Waals surface area contributed by atoms with E-state index < -0.39 is 0 Å². The maximum absolute atomic E-state index is 12.4. The molecule has 1 saturated heterocycles. The highest BCUT2D eigenvalue weighted by atomic mass is 16.2. The molecule has 1 aliphatic rings. The largest absolute Gasteiger partial charge is 0.350 e. The summed E-state index contributed by atoms with van der Waals surface area (Å²) in [5, 5.41) is 12.2. The third-order valence-electron chi connectivity index (χ3n) is 7.49. The van der Waals surface area contributed by atoms with Crippen LogP contribution in [0.2, 0.25) is 0 Å². The number of carbonyl (C=O) groups is 1. The van der Waals surface area contributed by atoms with Gasteiger partial charge in [-0.05, 0) is 74.1 Å². The molecule has 0 atom stereocenters. The van der Waals surface area contributed by atoms with Crippen molar-refractivity contribution in [3.63, 3.8) is 0 Å². The zero-order valence-corrected chi connectivity index (χ0v) is 22.7. The monoisotopic (exact) mass is 533 g/mol. The van der Waals surface area contributed by atoms with E-state index >= 15 is 0 Å². The second-order valence-electron chi connectivity index (χ2n) is 10.5. The summed E-state index contributed by atoms with van der Waals surface area (Å²) in [7, 11) is 0. The smallest absolute Gasteiger partial charge is 0.241 e. The molecule has 204 valence electrons. The molecule has 1 amide bonds. The first-order valence-electron chi connectivity index (χ1n) is 14.2. The molecule has 1 N–H and O–H groups in total. The fraction of sp³-hybridized carbons (Fsp3) is 0.312. The lowest BCUT2D eigenvalue weighted by atomic mass is 10.1. The number of hydrogen-bond donors (Lipinski definition) is 1. The van der Waals surface area contributed by atoms with E-state index in [2.05, 4.69) is 39.6 Å². The summed E-state index contributed by atoms with van der Waals surface area (Å²) in [5.41, 5.74) is 6.22. The lowest BCUT2D eigenvalue weighted by Gasteiger charge is -2.13. The Labute approximate surface area is 234 Å². The predicted octanol–water partition coefficient (Wildman–Crippen LogP) is 4.53. The van der Waals surface area contributed by atoms with Crippen LogP contribution in [0.4, 0.5) is 0 Å². The highest BCUT2D eigenvalue weighted by Crippen LogP contribution is 2.20. The Morgan fingerprint density at radius 1 is 0.875 bits per heavy atom. The van der Waals surface area contributed by atoms with Gasteiger partial charge in [-0.1, -0.05) is 60.7 Å². The second-order valence-corrected chi connectivity index (χ2v) is 10.5. The van der Waals surface area contributed by atoms with Crippen LogP contribution in [-0.2, 0) is 30.7 Å². The van der Waals surface area contributed by atoms with E-state index in [0.717, 1.165) is 34.7 Å². The molecule has 2 aromatic carbocycles. The number of carbonyl (C=O) groups excluding carboxylic acids is 1. The second kappa shape index (κ2) is 12.3. The highest BCUT2D eigenvalue weighted by Gasteiger charge is 2.13. The van der Waals surface area contributed by atoms with Gasteiger partial charge in [-0.15, -0.1) is 0 Å². The van der Waals surface area contributed by atoms with E-state index in [1.807, 2.05) is 59.2 Å². The van der Waals surface area contributed by atoms with Crippen molar-refractivity contribution in [3.05, 3.63) is 108 Å². The van der Waals surface area contributed by atoms with Gasteiger partial charge in [0.05, 0.1) is 11.9 Å². The summed E-state index contributed by atoms with van der Waals surface area (Å²) >= 11 is 0. The van der Waals surface area contributed by atoms with Crippen LogP contribution >= 0.6 is 0 Å². The van der Waals surface area contributed by atoms with E-state index in [4.69, 9.17) is 10.1 Å². The standard InChI is InChI=1S/C32H35N7O/c40-32(33-21-27-8-2-1-3-9-27)24-38-23-28(22-34-38)29-11-6-12-31-35-30(36-39(29)31)20-26-15-13-25(14-16-26)10-7-19-37-17-4-5-18-37/h1-3,6,8-9,11-16,22-23H,4-5,7,10,17-21,24H2,(H,33,40).